The second-order valence-corrected chi connectivity index (χ2v) is 8.31. The van der Waals surface area contributed by atoms with Crippen LogP contribution in [0.15, 0.2) is 24.5 Å². The van der Waals surface area contributed by atoms with E-state index in [2.05, 4.69) is 20.4 Å². The van der Waals surface area contributed by atoms with Crippen molar-refractivity contribution in [3.05, 3.63) is 24.5 Å². The highest BCUT2D eigenvalue weighted by Crippen LogP contribution is 2.27. The average Bonchev–Trinajstić information content (AvgIpc) is 3.46. The first-order valence-corrected chi connectivity index (χ1v) is 10.8. The van der Waals surface area contributed by atoms with Crippen molar-refractivity contribution in [2.75, 3.05) is 37.6 Å². The van der Waals surface area contributed by atoms with Crippen LogP contribution >= 0.6 is 11.3 Å². The van der Waals surface area contributed by atoms with Gasteiger partial charge in [-0.3, -0.25) is 14.2 Å². The van der Waals surface area contributed by atoms with Crippen LogP contribution in [0.3, 0.4) is 0 Å². The second kappa shape index (κ2) is 8.72. The molecule has 8 nitrogen and oxygen atoms in total. The number of rotatable bonds is 7. The van der Waals surface area contributed by atoms with E-state index in [9.17, 15) is 9.59 Å². The van der Waals surface area contributed by atoms with E-state index in [0.29, 0.717) is 19.5 Å². The summed E-state index contributed by atoms with van der Waals surface area (Å²) in [6.45, 7) is 3.80. The molecule has 2 amide bonds. The first kappa shape index (κ1) is 18.9. The molecule has 9 heteroatoms. The number of hydrogen-bond acceptors (Lipinski definition) is 6. The summed E-state index contributed by atoms with van der Waals surface area (Å²) in [6.07, 6.45) is 8.21. The van der Waals surface area contributed by atoms with Gasteiger partial charge in [0.2, 0.25) is 22.1 Å². The van der Waals surface area contributed by atoms with Gasteiger partial charge in [-0.15, -0.1) is 10.2 Å². The van der Waals surface area contributed by atoms with Crippen LogP contribution in [0, 0.1) is 5.92 Å². The van der Waals surface area contributed by atoms with Gasteiger partial charge in [0.1, 0.15) is 0 Å². The molecule has 0 bridgehead atoms. The number of nitrogens with one attached hydrogen (secondary N) is 1. The number of carbonyl (C=O) groups excluding carboxylic acids is 2. The van der Waals surface area contributed by atoms with E-state index < -0.39 is 0 Å². The highest BCUT2D eigenvalue weighted by atomic mass is 32.1. The van der Waals surface area contributed by atoms with E-state index in [1.165, 1.54) is 0 Å². The number of aromatic nitrogens is 3. The maximum Gasteiger partial charge on any atom is 0.224 e. The zero-order chi connectivity index (χ0) is 19.3. The molecule has 0 unspecified atom stereocenters. The fourth-order valence-corrected chi connectivity index (χ4v) is 4.68. The largest absolute Gasteiger partial charge is 0.356 e. The van der Waals surface area contributed by atoms with Gasteiger partial charge in [0, 0.05) is 51.5 Å². The first-order chi connectivity index (χ1) is 13.7. The lowest BCUT2D eigenvalue weighted by Gasteiger charge is -2.31. The lowest BCUT2D eigenvalue weighted by atomic mass is 9.97. The molecule has 0 aromatic carbocycles. The molecule has 2 aliphatic rings. The average molecular weight is 403 g/mol. The van der Waals surface area contributed by atoms with Gasteiger partial charge in [0.15, 0.2) is 0 Å². The Labute approximate surface area is 168 Å². The highest BCUT2D eigenvalue weighted by Gasteiger charge is 2.27. The molecule has 2 aromatic heterocycles. The van der Waals surface area contributed by atoms with Gasteiger partial charge in [-0.1, -0.05) is 11.3 Å². The Bertz CT molecular complexity index is 805. The van der Waals surface area contributed by atoms with E-state index in [1.54, 1.807) is 11.3 Å². The van der Waals surface area contributed by atoms with Gasteiger partial charge in [-0.05, 0) is 37.8 Å². The molecule has 4 heterocycles. The molecule has 2 aliphatic heterocycles. The quantitative estimate of drug-likeness (QED) is 0.713. The van der Waals surface area contributed by atoms with Crippen LogP contribution in [-0.4, -0.2) is 64.2 Å². The van der Waals surface area contributed by atoms with Crippen LogP contribution in [0.2, 0.25) is 0 Å². The molecule has 2 saturated heterocycles. The predicted octanol–water partition coefficient (Wildman–Crippen LogP) is 1.67. The zero-order valence-electron chi connectivity index (χ0n) is 15.9. The third-order valence-corrected chi connectivity index (χ3v) is 6.36. The molecule has 28 heavy (non-hydrogen) atoms. The molecule has 0 radical (unpaired) electrons. The fraction of sp³-hybridized carbons (Fsp3) is 0.579. The number of carbonyl (C=O) groups is 2. The molecule has 2 aromatic rings. The third-order valence-electron chi connectivity index (χ3n) is 5.37. The summed E-state index contributed by atoms with van der Waals surface area (Å²) in [4.78, 5) is 28.3. The Morgan fingerprint density at radius 1 is 1.18 bits per heavy atom. The summed E-state index contributed by atoms with van der Waals surface area (Å²) < 4.78 is 1.94. The van der Waals surface area contributed by atoms with Crippen LogP contribution in [0.4, 0.5) is 5.13 Å². The minimum absolute atomic E-state index is 0.0268. The van der Waals surface area contributed by atoms with Crippen molar-refractivity contribution >= 4 is 28.3 Å². The van der Waals surface area contributed by atoms with Crippen molar-refractivity contribution in [1.82, 2.24) is 25.0 Å². The lowest BCUT2D eigenvalue weighted by molar-refractivity contribution is -0.127. The number of hydrogen-bond donors (Lipinski definition) is 1. The number of nitrogens with zero attached hydrogens (tertiary/aromatic N) is 5. The summed E-state index contributed by atoms with van der Waals surface area (Å²) in [5.74, 6) is 0.319. The third kappa shape index (κ3) is 4.35. The van der Waals surface area contributed by atoms with Crippen LogP contribution in [0.1, 0.15) is 32.1 Å². The number of likely N-dealkylation sites (tertiary alicyclic amines) is 1. The molecule has 0 saturated carbocycles. The molecular weight excluding hydrogens is 376 g/mol. The van der Waals surface area contributed by atoms with Crippen molar-refractivity contribution in [3.63, 3.8) is 0 Å². The van der Waals surface area contributed by atoms with Crippen LogP contribution in [0.5, 0.6) is 0 Å². The zero-order valence-corrected chi connectivity index (χ0v) is 16.7. The summed E-state index contributed by atoms with van der Waals surface area (Å²) in [7, 11) is 0. The SMILES string of the molecule is O=C(NCCCN1CCCC1=O)[C@H]1CCCN(c2nnc(-n3cccc3)s2)C1. The van der Waals surface area contributed by atoms with Crippen molar-refractivity contribution in [1.29, 1.82) is 0 Å². The normalized spacial score (nSPS) is 20.0. The van der Waals surface area contributed by atoms with Gasteiger partial charge < -0.3 is 15.1 Å². The van der Waals surface area contributed by atoms with Crippen molar-refractivity contribution in [2.24, 2.45) is 5.92 Å². The van der Waals surface area contributed by atoms with E-state index >= 15 is 0 Å². The van der Waals surface area contributed by atoms with Crippen molar-refractivity contribution in [3.8, 4) is 5.13 Å². The number of anilines is 1. The smallest absolute Gasteiger partial charge is 0.224 e. The minimum Gasteiger partial charge on any atom is -0.356 e. The van der Waals surface area contributed by atoms with Gasteiger partial charge in [-0.25, -0.2) is 0 Å². The lowest BCUT2D eigenvalue weighted by Crippen LogP contribution is -2.43. The molecule has 150 valence electrons. The summed E-state index contributed by atoms with van der Waals surface area (Å²) >= 11 is 1.54. The number of piperidine rings is 1. The minimum atomic E-state index is -0.0268. The first-order valence-electron chi connectivity index (χ1n) is 9.98. The monoisotopic (exact) mass is 402 g/mol. The summed E-state index contributed by atoms with van der Waals surface area (Å²) in [5, 5.41) is 13.3. The Hall–Kier alpha value is -2.42. The Balaban J connectivity index is 1.25. The number of amides is 2. The van der Waals surface area contributed by atoms with E-state index in [4.69, 9.17) is 0 Å². The van der Waals surface area contributed by atoms with Crippen LogP contribution in [-0.2, 0) is 9.59 Å². The maximum atomic E-state index is 12.6. The topological polar surface area (TPSA) is 83.4 Å². The Morgan fingerprint density at radius 2 is 2.00 bits per heavy atom. The van der Waals surface area contributed by atoms with E-state index in [-0.39, 0.29) is 17.7 Å². The molecule has 2 fully saturated rings. The molecule has 0 aliphatic carbocycles. The highest BCUT2D eigenvalue weighted by molar-refractivity contribution is 7.17. The van der Waals surface area contributed by atoms with Gasteiger partial charge in [0.25, 0.3) is 0 Å². The van der Waals surface area contributed by atoms with Crippen LogP contribution in [0.25, 0.3) is 5.13 Å². The van der Waals surface area contributed by atoms with Crippen molar-refractivity contribution in [2.45, 2.75) is 32.1 Å². The van der Waals surface area contributed by atoms with E-state index in [0.717, 1.165) is 55.6 Å². The molecule has 0 spiro atoms. The second-order valence-electron chi connectivity index (χ2n) is 7.37. The van der Waals surface area contributed by atoms with E-state index in [1.807, 2.05) is 34.0 Å². The molecular formula is C19H26N6O2S. The molecule has 1 atom stereocenters. The Kier molecular flexibility index (Phi) is 5.90. The summed E-state index contributed by atoms with van der Waals surface area (Å²) in [6, 6.07) is 3.92. The van der Waals surface area contributed by atoms with Crippen molar-refractivity contribution < 1.29 is 9.59 Å². The standard InChI is InChI=1S/C19H26N6O2S/c26-16-7-4-11-23(16)13-5-8-20-17(27)15-6-3-12-25(14-15)19-22-21-18(28-19)24-9-1-2-10-24/h1-2,9-10,15H,3-8,11-14H2,(H,20,27)/t15-/m0/s1. The van der Waals surface area contributed by atoms with Gasteiger partial charge >= 0.3 is 0 Å². The van der Waals surface area contributed by atoms with Gasteiger partial charge in [0.05, 0.1) is 5.92 Å². The molecule has 1 N–H and O–H groups in total. The molecule has 4 rings (SSSR count). The van der Waals surface area contributed by atoms with Crippen LogP contribution < -0.4 is 10.2 Å². The Morgan fingerprint density at radius 3 is 2.79 bits per heavy atom. The summed E-state index contributed by atoms with van der Waals surface area (Å²) in [5.41, 5.74) is 0. The van der Waals surface area contributed by atoms with Gasteiger partial charge in [-0.2, -0.15) is 0 Å². The predicted molar refractivity (Wildman–Crippen MR) is 108 cm³/mol. The maximum absolute atomic E-state index is 12.6. The fourth-order valence-electron chi connectivity index (χ4n) is 3.83.